The van der Waals surface area contributed by atoms with Gasteiger partial charge in [-0.25, -0.2) is 0 Å². The van der Waals surface area contributed by atoms with Crippen LogP contribution in [0.1, 0.15) is 86.5 Å². The van der Waals surface area contributed by atoms with E-state index in [0.29, 0.717) is 24.8 Å². The van der Waals surface area contributed by atoms with Crippen LogP contribution in [0.5, 0.6) is 0 Å². The summed E-state index contributed by atoms with van der Waals surface area (Å²) in [6.07, 6.45) is 7.27. The molecule has 3 fully saturated rings. The molecule has 0 spiro atoms. The highest BCUT2D eigenvalue weighted by atomic mass is 16.6. The Morgan fingerprint density at radius 1 is 1.20 bits per heavy atom. The van der Waals surface area contributed by atoms with Crippen molar-refractivity contribution in [2.45, 2.75) is 104 Å². The van der Waals surface area contributed by atoms with Gasteiger partial charge in [0.1, 0.15) is 6.10 Å². The minimum atomic E-state index is -1.16. The van der Waals surface area contributed by atoms with Crippen molar-refractivity contribution in [3.8, 4) is 0 Å². The maximum absolute atomic E-state index is 12.9. The first kappa shape index (κ1) is 30.4. The molecule has 0 bridgehead atoms. The molecule has 8 nitrogen and oxygen atoms in total. The van der Waals surface area contributed by atoms with Crippen LogP contribution in [0.4, 0.5) is 0 Å². The second-order valence-corrected chi connectivity index (χ2v) is 14.8. The van der Waals surface area contributed by atoms with Crippen molar-refractivity contribution < 1.29 is 38.8 Å². The lowest BCUT2D eigenvalue weighted by atomic mass is 9.43. The standard InChI is InChI=1S/C33H48O8/c1-18(34)41-25-14-26-31(4,15-27(36)39-7)17-40-28(37)16-33(26,6)22-10-11-32(5)20(8-9-21(32)29(22)25)19-12-23(24(35)13-19)30(2,3)38/h9,12,19-20,22,25-26,28-29,37-38H,8,10-11,13-17H2,1-7H3/t19-,20-,22-,25+,26-,28-,29-,31-,32-,33+/m0/s1. The normalized spacial score (nSPS) is 44.1. The number of aliphatic hydroxyl groups excluding tert-OH is 1. The van der Waals surface area contributed by atoms with Crippen molar-refractivity contribution in [2.75, 3.05) is 13.7 Å². The molecule has 2 N–H and O–H groups in total. The van der Waals surface area contributed by atoms with Crippen molar-refractivity contribution in [3.05, 3.63) is 23.3 Å². The minimum absolute atomic E-state index is 0.0218. The van der Waals surface area contributed by atoms with Crippen molar-refractivity contribution in [3.63, 3.8) is 0 Å². The van der Waals surface area contributed by atoms with Crippen LogP contribution in [0.25, 0.3) is 0 Å². The highest BCUT2D eigenvalue weighted by Crippen LogP contribution is 2.69. The maximum Gasteiger partial charge on any atom is 0.306 e. The third-order valence-electron chi connectivity index (χ3n) is 11.8. The predicted molar refractivity (Wildman–Crippen MR) is 151 cm³/mol. The van der Waals surface area contributed by atoms with Gasteiger partial charge in [0.15, 0.2) is 12.1 Å². The first-order valence-electron chi connectivity index (χ1n) is 15.3. The van der Waals surface area contributed by atoms with Gasteiger partial charge in [-0.2, -0.15) is 0 Å². The smallest absolute Gasteiger partial charge is 0.306 e. The van der Waals surface area contributed by atoms with Crippen LogP contribution in [0.15, 0.2) is 23.3 Å². The van der Waals surface area contributed by atoms with E-state index in [2.05, 4.69) is 19.9 Å². The molecule has 1 heterocycles. The number of aliphatic hydroxyl groups is 2. The summed E-state index contributed by atoms with van der Waals surface area (Å²) in [6, 6.07) is 0. The molecule has 1 aliphatic heterocycles. The number of esters is 2. The average molecular weight is 573 g/mol. The van der Waals surface area contributed by atoms with Gasteiger partial charge in [-0.1, -0.05) is 38.5 Å². The fourth-order valence-corrected chi connectivity index (χ4v) is 10.0. The Morgan fingerprint density at radius 3 is 2.51 bits per heavy atom. The lowest BCUT2D eigenvalue weighted by Gasteiger charge is -2.61. The van der Waals surface area contributed by atoms with Gasteiger partial charge in [0, 0.05) is 36.7 Å². The number of carbonyl (C=O) groups is 3. The molecule has 5 aliphatic rings. The van der Waals surface area contributed by atoms with E-state index in [1.54, 1.807) is 13.8 Å². The highest BCUT2D eigenvalue weighted by Gasteiger charge is 2.65. The lowest BCUT2D eigenvalue weighted by molar-refractivity contribution is -0.176. The molecule has 0 aromatic rings. The second kappa shape index (κ2) is 10.3. The van der Waals surface area contributed by atoms with Gasteiger partial charge >= 0.3 is 11.9 Å². The fourth-order valence-electron chi connectivity index (χ4n) is 10.0. The summed E-state index contributed by atoms with van der Waals surface area (Å²) in [5.41, 5.74) is -0.482. The number of ether oxygens (including phenoxy) is 3. The van der Waals surface area contributed by atoms with Crippen LogP contribution in [-0.2, 0) is 28.6 Å². The quantitative estimate of drug-likeness (QED) is 0.365. The number of allylic oxidation sites excluding steroid dienone is 2. The van der Waals surface area contributed by atoms with Crippen LogP contribution < -0.4 is 0 Å². The third kappa shape index (κ3) is 5.02. The predicted octanol–water partition coefficient (Wildman–Crippen LogP) is 4.52. The van der Waals surface area contributed by atoms with Crippen molar-refractivity contribution in [1.82, 2.24) is 0 Å². The third-order valence-corrected chi connectivity index (χ3v) is 11.8. The van der Waals surface area contributed by atoms with E-state index in [0.717, 1.165) is 19.3 Å². The van der Waals surface area contributed by atoms with Crippen molar-refractivity contribution >= 4 is 17.7 Å². The SMILES string of the molecule is COC(=O)C[C@@]1(C)CO[C@H](O)C[C@]2(C)[C@H]3CC[C@]4(C)C(=CC[C@H]4[C@H]4C=C(C(C)(C)O)C(=O)C4)[C@@H]3[C@H](OC(C)=O)C[C@@H]12. The summed E-state index contributed by atoms with van der Waals surface area (Å²) in [4.78, 5) is 38.0. The van der Waals surface area contributed by atoms with E-state index in [9.17, 15) is 24.6 Å². The highest BCUT2D eigenvalue weighted by molar-refractivity contribution is 5.99. The van der Waals surface area contributed by atoms with Crippen LogP contribution in [0.3, 0.4) is 0 Å². The zero-order valence-corrected chi connectivity index (χ0v) is 25.7. The van der Waals surface area contributed by atoms with E-state index in [1.807, 2.05) is 13.0 Å². The number of carbonyl (C=O) groups excluding carboxylic acids is 3. The maximum atomic E-state index is 12.9. The van der Waals surface area contributed by atoms with Crippen LogP contribution in [0.2, 0.25) is 0 Å². The summed E-state index contributed by atoms with van der Waals surface area (Å²) in [5, 5.41) is 21.6. The summed E-state index contributed by atoms with van der Waals surface area (Å²) >= 11 is 0. The molecule has 8 heteroatoms. The van der Waals surface area contributed by atoms with E-state index in [4.69, 9.17) is 14.2 Å². The van der Waals surface area contributed by atoms with E-state index in [1.165, 1.54) is 19.6 Å². The van der Waals surface area contributed by atoms with Gasteiger partial charge in [0.25, 0.3) is 0 Å². The summed E-state index contributed by atoms with van der Waals surface area (Å²) < 4.78 is 17.1. The number of fused-ring (bicyclic) bond motifs is 5. The van der Waals surface area contributed by atoms with Crippen molar-refractivity contribution in [2.24, 2.45) is 45.8 Å². The Bertz CT molecular complexity index is 1160. The molecular formula is C33H48O8. The molecular weight excluding hydrogens is 524 g/mol. The van der Waals surface area contributed by atoms with E-state index < -0.39 is 17.3 Å². The van der Waals surface area contributed by atoms with Gasteiger partial charge in [-0.05, 0) is 74.0 Å². The summed E-state index contributed by atoms with van der Waals surface area (Å²) in [6.45, 7) is 11.6. The molecule has 0 amide bonds. The average Bonchev–Trinajstić information content (AvgIpc) is 3.40. The van der Waals surface area contributed by atoms with Gasteiger partial charge in [0.2, 0.25) is 0 Å². The van der Waals surface area contributed by atoms with Crippen LogP contribution in [-0.4, -0.2) is 59.6 Å². The minimum Gasteiger partial charge on any atom is -0.469 e. The number of methoxy groups -OCH3 is 1. The second-order valence-electron chi connectivity index (χ2n) is 14.8. The first-order chi connectivity index (χ1) is 19.0. The first-order valence-corrected chi connectivity index (χ1v) is 15.3. The number of hydrogen-bond donors (Lipinski definition) is 2. The molecule has 4 aliphatic carbocycles. The number of rotatable bonds is 5. The van der Waals surface area contributed by atoms with E-state index >= 15 is 0 Å². The van der Waals surface area contributed by atoms with Gasteiger partial charge in [-0.3, -0.25) is 14.4 Å². The molecule has 0 aromatic heterocycles. The van der Waals surface area contributed by atoms with Crippen LogP contribution >= 0.6 is 0 Å². The van der Waals surface area contributed by atoms with Crippen LogP contribution in [0, 0.1) is 45.8 Å². The monoisotopic (exact) mass is 572 g/mol. The number of Topliss-reactive ketones (excluding diaryl/α,β-unsaturated/α-hetero) is 1. The molecule has 5 rings (SSSR count). The molecule has 1 saturated heterocycles. The Morgan fingerprint density at radius 2 is 1.90 bits per heavy atom. The molecule has 0 aromatic carbocycles. The molecule has 41 heavy (non-hydrogen) atoms. The summed E-state index contributed by atoms with van der Waals surface area (Å²) in [5.74, 6) is -0.286. The topological polar surface area (TPSA) is 119 Å². The van der Waals surface area contributed by atoms with Gasteiger partial charge in [0.05, 0.1) is 25.7 Å². The molecule has 0 unspecified atom stereocenters. The zero-order chi connectivity index (χ0) is 30.1. The Balaban J connectivity index is 1.53. The summed E-state index contributed by atoms with van der Waals surface area (Å²) in [7, 11) is 1.39. The molecule has 2 saturated carbocycles. The Kier molecular flexibility index (Phi) is 7.65. The Labute approximate surface area is 243 Å². The Hall–Kier alpha value is -2.03. The molecule has 10 atom stereocenters. The lowest BCUT2D eigenvalue weighted by Crippen LogP contribution is -2.59. The van der Waals surface area contributed by atoms with Gasteiger partial charge in [-0.15, -0.1) is 0 Å². The zero-order valence-electron chi connectivity index (χ0n) is 25.7. The van der Waals surface area contributed by atoms with Gasteiger partial charge < -0.3 is 24.4 Å². The molecule has 0 radical (unpaired) electrons. The largest absolute Gasteiger partial charge is 0.469 e. The van der Waals surface area contributed by atoms with Crippen molar-refractivity contribution in [1.29, 1.82) is 0 Å². The van der Waals surface area contributed by atoms with E-state index in [-0.39, 0.29) is 77.3 Å². The molecule has 228 valence electrons. The number of ketones is 1. The fraction of sp³-hybridized carbons (Fsp3) is 0.788. The number of hydrogen-bond acceptors (Lipinski definition) is 8.